The molecule has 3 rings (SSSR count). The van der Waals surface area contributed by atoms with Crippen molar-refractivity contribution in [2.24, 2.45) is 0 Å². The van der Waals surface area contributed by atoms with Gasteiger partial charge in [-0.2, -0.15) is 13.2 Å². The van der Waals surface area contributed by atoms with Gasteiger partial charge in [0.25, 0.3) is 0 Å². The lowest BCUT2D eigenvalue weighted by atomic mass is 10.1. The van der Waals surface area contributed by atoms with Gasteiger partial charge >= 0.3 is 6.18 Å². The van der Waals surface area contributed by atoms with Crippen LogP contribution in [0.1, 0.15) is 34.6 Å². The molecule has 2 aromatic carbocycles. The minimum atomic E-state index is -4.38. The zero-order chi connectivity index (χ0) is 18.0. The molecule has 0 aliphatic carbocycles. The van der Waals surface area contributed by atoms with Crippen LogP contribution in [0.5, 0.6) is 0 Å². The number of nitrogens with zero attached hydrogens (tertiary/aromatic N) is 2. The molecule has 1 atom stereocenters. The highest BCUT2D eigenvalue weighted by molar-refractivity contribution is 6.30. The summed E-state index contributed by atoms with van der Waals surface area (Å²) in [6.07, 6.45) is -5.32. The third kappa shape index (κ3) is 4.18. The van der Waals surface area contributed by atoms with Crippen molar-refractivity contribution in [1.82, 2.24) is 10.2 Å². The molecule has 1 aromatic heterocycles. The van der Waals surface area contributed by atoms with Crippen LogP contribution < -0.4 is 0 Å². The van der Waals surface area contributed by atoms with Gasteiger partial charge in [0.1, 0.15) is 0 Å². The van der Waals surface area contributed by atoms with Gasteiger partial charge in [-0.05, 0) is 35.4 Å². The molecule has 0 amide bonds. The molecule has 3 aromatic rings. The van der Waals surface area contributed by atoms with Crippen LogP contribution in [0.4, 0.5) is 13.2 Å². The van der Waals surface area contributed by atoms with Gasteiger partial charge in [-0.1, -0.05) is 35.9 Å². The highest BCUT2D eigenvalue weighted by Crippen LogP contribution is 2.29. The zero-order valence-corrected chi connectivity index (χ0v) is 13.4. The quantitative estimate of drug-likeness (QED) is 0.740. The van der Waals surface area contributed by atoms with Gasteiger partial charge in [0.15, 0.2) is 6.10 Å². The molecule has 1 unspecified atom stereocenters. The fraction of sp³-hybridized carbons (Fsp3) is 0.176. The predicted molar refractivity (Wildman–Crippen MR) is 84.1 cm³/mol. The van der Waals surface area contributed by atoms with E-state index in [4.69, 9.17) is 16.0 Å². The third-order valence-corrected chi connectivity index (χ3v) is 3.79. The van der Waals surface area contributed by atoms with Crippen LogP contribution >= 0.6 is 11.6 Å². The Hall–Kier alpha value is -2.38. The number of benzene rings is 2. The Bertz CT molecular complexity index is 846. The van der Waals surface area contributed by atoms with Crippen molar-refractivity contribution in [2.45, 2.75) is 18.7 Å². The lowest BCUT2D eigenvalue weighted by Gasteiger charge is -2.07. The maximum absolute atomic E-state index is 12.5. The largest absolute Gasteiger partial charge is 0.422 e. The third-order valence-electron chi connectivity index (χ3n) is 3.54. The number of alkyl halides is 3. The standard InChI is InChI=1S/C17H12ClF3N2O2/c18-13-7-3-11(4-8-13)15(24)16-23-22-14(25-16)9-10-1-5-12(6-2-10)17(19,20)21/h1-8,15,24H,9H2. The van der Waals surface area contributed by atoms with E-state index < -0.39 is 17.8 Å². The molecule has 130 valence electrons. The average Bonchev–Trinajstić information content (AvgIpc) is 3.03. The summed E-state index contributed by atoms with van der Waals surface area (Å²) in [4.78, 5) is 0. The molecule has 0 fully saturated rings. The zero-order valence-electron chi connectivity index (χ0n) is 12.7. The van der Waals surface area contributed by atoms with Gasteiger partial charge in [-0.3, -0.25) is 0 Å². The first-order chi connectivity index (χ1) is 11.8. The maximum Gasteiger partial charge on any atom is 0.416 e. The average molecular weight is 369 g/mol. The van der Waals surface area contributed by atoms with E-state index in [2.05, 4.69) is 10.2 Å². The van der Waals surface area contributed by atoms with E-state index in [1.54, 1.807) is 24.3 Å². The molecule has 0 aliphatic heterocycles. The number of aliphatic hydroxyl groups is 1. The Labute approximate surface area is 145 Å². The Balaban J connectivity index is 1.72. The number of rotatable bonds is 4. The summed E-state index contributed by atoms with van der Waals surface area (Å²) >= 11 is 5.79. The van der Waals surface area contributed by atoms with Gasteiger partial charge in [-0.15, -0.1) is 10.2 Å². The second-order valence-electron chi connectivity index (χ2n) is 5.36. The van der Waals surface area contributed by atoms with E-state index in [0.29, 0.717) is 16.1 Å². The summed E-state index contributed by atoms with van der Waals surface area (Å²) < 4.78 is 43.0. The molecule has 1 N–H and O–H groups in total. The molecular weight excluding hydrogens is 357 g/mol. The number of aliphatic hydroxyl groups excluding tert-OH is 1. The number of hydrogen-bond donors (Lipinski definition) is 1. The minimum absolute atomic E-state index is 0.00392. The summed E-state index contributed by atoms with van der Waals surface area (Å²) in [6, 6.07) is 11.2. The van der Waals surface area contributed by atoms with E-state index >= 15 is 0 Å². The lowest BCUT2D eigenvalue weighted by molar-refractivity contribution is -0.137. The Morgan fingerprint density at radius 1 is 1.00 bits per heavy atom. The number of aromatic nitrogens is 2. The van der Waals surface area contributed by atoms with E-state index in [1.165, 1.54) is 12.1 Å². The SMILES string of the molecule is OC(c1ccc(Cl)cc1)c1nnc(Cc2ccc(C(F)(F)F)cc2)o1. The molecule has 0 radical (unpaired) electrons. The molecule has 25 heavy (non-hydrogen) atoms. The summed E-state index contributed by atoms with van der Waals surface area (Å²) in [6.45, 7) is 0. The molecule has 0 saturated heterocycles. The molecule has 0 saturated carbocycles. The van der Waals surface area contributed by atoms with E-state index in [-0.39, 0.29) is 18.2 Å². The minimum Gasteiger partial charge on any atom is -0.422 e. The topological polar surface area (TPSA) is 59.2 Å². The highest BCUT2D eigenvalue weighted by Gasteiger charge is 2.30. The second kappa shape index (κ2) is 6.85. The molecule has 1 heterocycles. The van der Waals surface area contributed by atoms with Crippen LogP contribution in [0.3, 0.4) is 0 Å². The number of hydrogen-bond acceptors (Lipinski definition) is 4. The van der Waals surface area contributed by atoms with Crippen molar-refractivity contribution in [3.8, 4) is 0 Å². The van der Waals surface area contributed by atoms with Crippen LogP contribution in [-0.2, 0) is 12.6 Å². The molecule has 0 aliphatic rings. The number of halogens is 4. The molecule has 4 nitrogen and oxygen atoms in total. The van der Waals surface area contributed by atoms with Crippen molar-refractivity contribution in [3.05, 3.63) is 82.0 Å². The van der Waals surface area contributed by atoms with E-state index in [1.807, 2.05) is 0 Å². The van der Waals surface area contributed by atoms with Crippen molar-refractivity contribution in [2.75, 3.05) is 0 Å². The van der Waals surface area contributed by atoms with Crippen LogP contribution in [-0.4, -0.2) is 15.3 Å². The van der Waals surface area contributed by atoms with Gasteiger partial charge in [0.05, 0.1) is 12.0 Å². The Morgan fingerprint density at radius 3 is 2.24 bits per heavy atom. The Morgan fingerprint density at radius 2 is 1.64 bits per heavy atom. The summed E-state index contributed by atoms with van der Waals surface area (Å²) in [7, 11) is 0. The fourth-order valence-electron chi connectivity index (χ4n) is 2.22. The van der Waals surface area contributed by atoms with Gasteiger partial charge in [0.2, 0.25) is 11.8 Å². The molecule has 0 spiro atoms. The van der Waals surface area contributed by atoms with Crippen LogP contribution in [0.15, 0.2) is 52.9 Å². The van der Waals surface area contributed by atoms with E-state index in [9.17, 15) is 18.3 Å². The van der Waals surface area contributed by atoms with Gasteiger partial charge < -0.3 is 9.52 Å². The molecule has 0 bridgehead atoms. The highest BCUT2D eigenvalue weighted by atomic mass is 35.5. The Kier molecular flexibility index (Phi) is 4.78. The smallest absolute Gasteiger partial charge is 0.416 e. The first kappa shape index (κ1) is 17.4. The fourth-order valence-corrected chi connectivity index (χ4v) is 2.35. The van der Waals surface area contributed by atoms with Crippen molar-refractivity contribution >= 4 is 11.6 Å². The summed E-state index contributed by atoms with van der Waals surface area (Å²) in [5, 5.41) is 18.4. The first-order valence-electron chi connectivity index (χ1n) is 7.25. The first-order valence-corrected chi connectivity index (χ1v) is 7.62. The summed E-state index contributed by atoms with van der Waals surface area (Å²) in [5.74, 6) is 0.201. The maximum atomic E-state index is 12.5. The van der Waals surface area contributed by atoms with Crippen LogP contribution in [0.2, 0.25) is 5.02 Å². The normalized spacial score (nSPS) is 13.0. The second-order valence-corrected chi connectivity index (χ2v) is 5.80. The van der Waals surface area contributed by atoms with Crippen molar-refractivity contribution in [1.29, 1.82) is 0 Å². The predicted octanol–water partition coefficient (Wildman–Crippen LogP) is 4.41. The lowest BCUT2D eigenvalue weighted by Crippen LogP contribution is -2.04. The van der Waals surface area contributed by atoms with Crippen LogP contribution in [0, 0.1) is 0 Å². The van der Waals surface area contributed by atoms with Crippen molar-refractivity contribution < 1.29 is 22.7 Å². The molecule has 8 heteroatoms. The summed E-state index contributed by atoms with van der Waals surface area (Å²) in [5.41, 5.74) is 0.402. The van der Waals surface area contributed by atoms with Gasteiger partial charge in [-0.25, -0.2) is 0 Å². The monoisotopic (exact) mass is 368 g/mol. The van der Waals surface area contributed by atoms with E-state index in [0.717, 1.165) is 12.1 Å². The molecular formula is C17H12ClF3N2O2. The van der Waals surface area contributed by atoms with Gasteiger partial charge in [0, 0.05) is 5.02 Å². The van der Waals surface area contributed by atoms with Crippen LogP contribution in [0.25, 0.3) is 0 Å². The van der Waals surface area contributed by atoms with Crippen molar-refractivity contribution in [3.63, 3.8) is 0 Å².